The van der Waals surface area contributed by atoms with E-state index < -0.39 is 14.8 Å². The largest absolute Gasteiger partial charge is 0.302 e. The van der Waals surface area contributed by atoms with E-state index in [1.54, 1.807) is 36.4 Å². The van der Waals surface area contributed by atoms with Crippen molar-refractivity contribution in [3.05, 3.63) is 69.9 Å². The first kappa shape index (κ1) is 21.3. The van der Waals surface area contributed by atoms with Crippen molar-refractivity contribution >= 4 is 50.1 Å². The molecule has 0 aliphatic heterocycles. The number of nitro groups is 1. The van der Waals surface area contributed by atoms with Crippen LogP contribution in [0, 0.1) is 10.1 Å². The standard InChI is InChI=1S/C20H17N3O5S2/c1-13(24)21-20-22-18(12-5-14-3-8-16(9-4-14)23(25)26)19(29-20)15-6-10-17(11-7-15)30(2,27)28/h3-12H,1-2H3,(H,21,22,24)/b12-5+. The van der Waals surface area contributed by atoms with Gasteiger partial charge in [-0.25, -0.2) is 13.4 Å². The molecule has 0 saturated carbocycles. The van der Waals surface area contributed by atoms with Gasteiger partial charge < -0.3 is 5.32 Å². The van der Waals surface area contributed by atoms with E-state index in [1.807, 2.05) is 0 Å². The molecular formula is C20H17N3O5S2. The molecule has 154 valence electrons. The summed E-state index contributed by atoms with van der Waals surface area (Å²) in [6.07, 6.45) is 4.63. The number of rotatable bonds is 6. The highest BCUT2D eigenvalue weighted by Crippen LogP contribution is 2.35. The second-order valence-electron chi connectivity index (χ2n) is 6.39. The van der Waals surface area contributed by atoms with Crippen molar-refractivity contribution in [2.45, 2.75) is 11.8 Å². The van der Waals surface area contributed by atoms with Crippen molar-refractivity contribution in [3.8, 4) is 10.4 Å². The zero-order valence-corrected chi connectivity index (χ0v) is 17.7. The number of benzene rings is 2. The quantitative estimate of drug-likeness (QED) is 0.449. The van der Waals surface area contributed by atoms with Crippen molar-refractivity contribution in [2.75, 3.05) is 11.6 Å². The van der Waals surface area contributed by atoms with Gasteiger partial charge >= 0.3 is 0 Å². The van der Waals surface area contributed by atoms with Gasteiger partial charge in [-0.05, 0) is 41.5 Å². The molecule has 1 heterocycles. The van der Waals surface area contributed by atoms with Crippen LogP contribution in [0.5, 0.6) is 0 Å². The van der Waals surface area contributed by atoms with Crippen LogP contribution < -0.4 is 5.32 Å². The molecule has 0 spiro atoms. The molecule has 8 nitrogen and oxygen atoms in total. The monoisotopic (exact) mass is 443 g/mol. The number of thiazole rings is 1. The Morgan fingerprint density at radius 1 is 1.10 bits per heavy atom. The summed E-state index contributed by atoms with van der Waals surface area (Å²) >= 11 is 1.26. The zero-order valence-electron chi connectivity index (χ0n) is 16.0. The number of aromatic nitrogens is 1. The van der Waals surface area contributed by atoms with Gasteiger partial charge in [0.25, 0.3) is 5.69 Å². The molecule has 0 aliphatic carbocycles. The van der Waals surface area contributed by atoms with Crippen LogP contribution in [0.2, 0.25) is 0 Å². The predicted octanol–water partition coefficient (Wildman–Crippen LogP) is 4.25. The Kier molecular flexibility index (Phi) is 6.09. The van der Waals surface area contributed by atoms with E-state index in [4.69, 9.17) is 0 Å². The minimum absolute atomic E-state index is 0.000378. The SMILES string of the molecule is CC(=O)Nc1nc(/C=C/c2ccc([N+](=O)[O-])cc2)c(-c2ccc(S(C)(=O)=O)cc2)s1. The molecule has 3 aromatic rings. The fourth-order valence-electron chi connectivity index (χ4n) is 2.59. The third-order valence-electron chi connectivity index (χ3n) is 4.02. The molecule has 0 fully saturated rings. The summed E-state index contributed by atoms with van der Waals surface area (Å²) in [4.78, 5) is 27.1. The molecule has 1 N–H and O–H groups in total. The highest BCUT2D eigenvalue weighted by molar-refractivity contribution is 7.90. The van der Waals surface area contributed by atoms with Gasteiger partial charge in [0.2, 0.25) is 5.91 Å². The molecule has 0 saturated heterocycles. The molecule has 0 atom stereocenters. The van der Waals surface area contributed by atoms with Crippen LogP contribution in [-0.4, -0.2) is 30.5 Å². The fraction of sp³-hybridized carbons (Fsp3) is 0.100. The predicted molar refractivity (Wildman–Crippen MR) is 117 cm³/mol. The van der Waals surface area contributed by atoms with Crippen molar-refractivity contribution in [2.24, 2.45) is 0 Å². The maximum atomic E-state index is 11.7. The molecule has 0 bridgehead atoms. The van der Waals surface area contributed by atoms with Gasteiger partial charge in [-0.3, -0.25) is 14.9 Å². The topological polar surface area (TPSA) is 119 Å². The lowest BCUT2D eigenvalue weighted by Gasteiger charge is -2.02. The molecular weight excluding hydrogens is 426 g/mol. The van der Waals surface area contributed by atoms with Gasteiger partial charge in [0.15, 0.2) is 15.0 Å². The average molecular weight is 444 g/mol. The number of amides is 1. The minimum atomic E-state index is -3.31. The Morgan fingerprint density at radius 3 is 2.27 bits per heavy atom. The van der Waals surface area contributed by atoms with Crippen LogP contribution in [0.3, 0.4) is 0 Å². The van der Waals surface area contributed by atoms with Crippen LogP contribution in [0.4, 0.5) is 10.8 Å². The van der Waals surface area contributed by atoms with Gasteiger partial charge in [-0.1, -0.05) is 29.5 Å². The molecule has 3 rings (SSSR count). The normalized spacial score (nSPS) is 11.5. The van der Waals surface area contributed by atoms with Crippen molar-refractivity contribution in [3.63, 3.8) is 0 Å². The van der Waals surface area contributed by atoms with E-state index in [2.05, 4.69) is 10.3 Å². The Bertz CT molecular complexity index is 1230. The summed E-state index contributed by atoms with van der Waals surface area (Å²) in [5, 5.41) is 13.8. The number of hydrogen-bond donors (Lipinski definition) is 1. The number of hydrogen-bond acceptors (Lipinski definition) is 7. The lowest BCUT2D eigenvalue weighted by Crippen LogP contribution is -2.04. The van der Waals surface area contributed by atoms with E-state index in [1.165, 1.54) is 42.5 Å². The molecule has 10 heteroatoms. The van der Waals surface area contributed by atoms with Gasteiger partial charge in [0.05, 0.1) is 20.4 Å². The first-order valence-electron chi connectivity index (χ1n) is 8.65. The number of carbonyl (C=O) groups excluding carboxylic acids is 1. The van der Waals surface area contributed by atoms with E-state index in [-0.39, 0.29) is 16.5 Å². The summed E-state index contributed by atoms with van der Waals surface area (Å²) in [7, 11) is -3.31. The van der Waals surface area contributed by atoms with Gasteiger partial charge in [-0.15, -0.1) is 0 Å². The number of nitro benzene ring substituents is 1. The average Bonchev–Trinajstić information content (AvgIpc) is 3.08. The van der Waals surface area contributed by atoms with Crippen molar-refractivity contribution in [1.82, 2.24) is 4.98 Å². The number of nitrogens with one attached hydrogen (secondary N) is 1. The van der Waals surface area contributed by atoms with Crippen LogP contribution >= 0.6 is 11.3 Å². The minimum Gasteiger partial charge on any atom is -0.302 e. The number of non-ortho nitro benzene ring substituents is 1. The molecule has 2 aromatic carbocycles. The van der Waals surface area contributed by atoms with Gasteiger partial charge in [0, 0.05) is 25.3 Å². The van der Waals surface area contributed by atoms with Gasteiger partial charge in [-0.2, -0.15) is 0 Å². The van der Waals surface area contributed by atoms with Gasteiger partial charge in [0.1, 0.15) is 0 Å². The second-order valence-corrected chi connectivity index (χ2v) is 9.41. The molecule has 0 radical (unpaired) electrons. The van der Waals surface area contributed by atoms with E-state index in [9.17, 15) is 23.3 Å². The van der Waals surface area contributed by atoms with Crippen LogP contribution in [0.15, 0.2) is 53.4 Å². The lowest BCUT2D eigenvalue weighted by molar-refractivity contribution is -0.384. The van der Waals surface area contributed by atoms with E-state index >= 15 is 0 Å². The Morgan fingerprint density at radius 2 is 1.73 bits per heavy atom. The zero-order chi connectivity index (χ0) is 21.9. The summed E-state index contributed by atoms with van der Waals surface area (Å²) in [6.45, 7) is 1.38. The van der Waals surface area contributed by atoms with Crippen LogP contribution in [0.1, 0.15) is 18.2 Å². The third-order valence-corrected chi connectivity index (χ3v) is 6.18. The third kappa shape index (κ3) is 5.16. The summed E-state index contributed by atoms with van der Waals surface area (Å²) in [5.41, 5.74) is 2.07. The highest BCUT2D eigenvalue weighted by atomic mass is 32.2. The summed E-state index contributed by atoms with van der Waals surface area (Å²) in [6, 6.07) is 12.5. The second kappa shape index (κ2) is 8.56. The Hall–Kier alpha value is -3.37. The number of nitrogens with zero attached hydrogens (tertiary/aromatic N) is 2. The van der Waals surface area contributed by atoms with E-state index in [0.29, 0.717) is 10.8 Å². The number of anilines is 1. The van der Waals surface area contributed by atoms with Crippen LogP contribution in [-0.2, 0) is 14.6 Å². The highest BCUT2D eigenvalue weighted by Gasteiger charge is 2.14. The molecule has 30 heavy (non-hydrogen) atoms. The smallest absolute Gasteiger partial charge is 0.269 e. The maximum Gasteiger partial charge on any atom is 0.269 e. The first-order valence-corrected chi connectivity index (χ1v) is 11.4. The van der Waals surface area contributed by atoms with Crippen molar-refractivity contribution < 1.29 is 18.1 Å². The van der Waals surface area contributed by atoms with E-state index in [0.717, 1.165) is 22.3 Å². The fourth-order valence-corrected chi connectivity index (χ4v) is 4.23. The Balaban J connectivity index is 1.97. The maximum absolute atomic E-state index is 11.7. The molecule has 0 aliphatic rings. The van der Waals surface area contributed by atoms with Crippen LogP contribution in [0.25, 0.3) is 22.6 Å². The molecule has 1 aromatic heterocycles. The summed E-state index contributed by atoms with van der Waals surface area (Å²) in [5.74, 6) is -0.256. The number of sulfone groups is 1. The molecule has 0 unspecified atom stereocenters. The lowest BCUT2D eigenvalue weighted by atomic mass is 10.1. The molecule has 1 amide bonds. The summed E-state index contributed by atoms with van der Waals surface area (Å²) < 4.78 is 23.4. The van der Waals surface area contributed by atoms with Crippen molar-refractivity contribution in [1.29, 1.82) is 0 Å². The first-order chi connectivity index (χ1) is 14.1. The Labute approximate surface area is 177 Å². The number of carbonyl (C=O) groups is 1.